The Kier molecular flexibility index (Phi) is 5.53. The fourth-order valence-corrected chi connectivity index (χ4v) is 3.62. The van der Waals surface area contributed by atoms with Crippen LogP contribution in [0.25, 0.3) is 0 Å². The molecular weight excluding hydrogens is 260 g/mol. The van der Waals surface area contributed by atoms with Gasteiger partial charge in [-0.05, 0) is 31.4 Å². The van der Waals surface area contributed by atoms with Crippen molar-refractivity contribution in [3.8, 4) is 5.75 Å². The number of rotatable bonds is 6. The molecule has 0 unspecified atom stereocenters. The van der Waals surface area contributed by atoms with Gasteiger partial charge in [0.15, 0.2) is 0 Å². The molecule has 0 bridgehead atoms. The average Bonchev–Trinajstić information content (AvgIpc) is 3.08. The summed E-state index contributed by atoms with van der Waals surface area (Å²) >= 11 is 0. The van der Waals surface area contributed by atoms with Crippen LogP contribution in [0.4, 0.5) is 0 Å². The van der Waals surface area contributed by atoms with Crippen molar-refractivity contribution in [1.82, 2.24) is 9.80 Å². The highest BCUT2D eigenvalue weighted by Crippen LogP contribution is 2.24. The minimum absolute atomic E-state index is 0.826. The van der Waals surface area contributed by atoms with Crippen LogP contribution in [-0.4, -0.2) is 55.2 Å². The summed E-state index contributed by atoms with van der Waals surface area (Å²) in [5.74, 6) is 0.989. The van der Waals surface area contributed by atoms with E-state index in [2.05, 4.69) is 9.80 Å². The highest BCUT2D eigenvalue weighted by atomic mass is 16.5. The van der Waals surface area contributed by atoms with Gasteiger partial charge in [0, 0.05) is 38.8 Å². The third-order valence-electron chi connectivity index (χ3n) is 4.88. The molecule has 21 heavy (non-hydrogen) atoms. The molecule has 116 valence electrons. The lowest BCUT2D eigenvalue weighted by Gasteiger charge is -2.38. The Labute approximate surface area is 128 Å². The molecule has 1 saturated carbocycles. The number of nitrogens with zero attached hydrogens (tertiary/aromatic N) is 2. The zero-order valence-corrected chi connectivity index (χ0v) is 13.0. The summed E-state index contributed by atoms with van der Waals surface area (Å²) < 4.78 is 5.76. The highest BCUT2D eigenvalue weighted by Gasteiger charge is 2.25. The maximum Gasteiger partial charge on any atom is 0.119 e. The molecule has 0 atom stereocenters. The first-order chi connectivity index (χ1) is 10.4. The van der Waals surface area contributed by atoms with E-state index in [1.54, 1.807) is 0 Å². The topological polar surface area (TPSA) is 15.7 Å². The van der Waals surface area contributed by atoms with Gasteiger partial charge >= 0.3 is 0 Å². The Hall–Kier alpha value is -1.06. The predicted molar refractivity (Wildman–Crippen MR) is 86.8 cm³/mol. The Morgan fingerprint density at radius 2 is 1.67 bits per heavy atom. The summed E-state index contributed by atoms with van der Waals surface area (Å²) in [5.41, 5.74) is 0. The lowest BCUT2D eigenvalue weighted by atomic mass is 10.2. The van der Waals surface area contributed by atoms with Crippen molar-refractivity contribution in [3.05, 3.63) is 30.3 Å². The fraction of sp³-hybridized carbons (Fsp3) is 0.667. The number of piperazine rings is 1. The van der Waals surface area contributed by atoms with E-state index in [1.807, 2.05) is 30.3 Å². The molecule has 0 amide bonds. The van der Waals surface area contributed by atoms with E-state index in [0.29, 0.717) is 0 Å². The molecule has 3 nitrogen and oxygen atoms in total. The number of para-hydroxylation sites is 1. The summed E-state index contributed by atoms with van der Waals surface area (Å²) in [6.07, 6.45) is 6.89. The summed E-state index contributed by atoms with van der Waals surface area (Å²) in [6, 6.07) is 11.0. The SMILES string of the molecule is c1ccc(OCCCN2CCN(C3CCCC3)CC2)cc1. The van der Waals surface area contributed by atoms with Crippen molar-refractivity contribution in [3.63, 3.8) is 0 Å². The Morgan fingerprint density at radius 3 is 2.38 bits per heavy atom. The highest BCUT2D eigenvalue weighted by molar-refractivity contribution is 5.20. The van der Waals surface area contributed by atoms with Crippen LogP contribution in [0.5, 0.6) is 5.75 Å². The molecule has 1 heterocycles. The Balaban J connectivity index is 1.29. The summed E-state index contributed by atoms with van der Waals surface area (Å²) in [7, 11) is 0. The quantitative estimate of drug-likeness (QED) is 0.748. The first-order valence-corrected chi connectivity index (χ1v) is 8.56. The predicted octanol–water partition coefficient (Wildman–Crippen LogP) is 3.02. The molecule has 2 aliphatic rings. The van der Waals surface area contributed by atoms with Crippen LogP contribution in [-0.2, 0) is 0 Å². The van der Waals surface area contributed by atoms with E-state index in [0.717, 1.165) is 24.8 Å². The van der Waals surface area contributed by atoms with Gasteiger partial charge in [0.2, 0.25) is 0 Å². The zero-order chi connectivity index (χ0) is 14.3. The van der Waals surface area contributed by atoms with Gasteiger partial charge in [-0.15, -0.1) is 0 Å². The van der Waals surface area contributed by atoms with Gasteiger partial charge in [0.25, 0.3) is 0 Å². The normalized spacial score (nSPS) is 21.7. The first-order valence-electron chi connectivity index (χ1n) is 8.56. The van der Waals surface area contributed by atoms with Crippen molar-refractivity contribution >= 4 is 0 Å². The molecule has 3 rings (SSSR count). The van der Waals surface area contributed by atoms with Crippen LogP contribution in [0.15, 0.2) is 30.3 Å². The minimum Gasteiger partial charge on any atom is -0.494 e. The Morgan fingerprint density at radius 1 is 0.952 bits per heavy atom. The van der Waals surface area contributed by atoms with Crippen LogP contribution in [0.2, 0.25) is 0 Å². The van der Waals surface area contributed by atoms with Gasteiger partial charge in [0.1, 0.15) is 5.75 Å². The molecule has 1 aromatic rings. The molecule has 0 radical (unpaired) electrons. The van der Waals surface area contributed by atoms with E-state index in [1.165, 1.54) is 58.4 Å². The van der Waals surface area contributed by atoms with Crippen molar-refractivity contribution in [2.24, 2.45) is 0 Å². The number of benzene rings is 1. The van der Waals surface area contributed by atoms with E-state index >= 15 is 0 Å². The average molecular weight is 288 g/mol. The maximum absolute atomic E-state index is 5.76. The number of hydrogen-bond acceptors (Lipinski definition) is 3. The molecule has 3 heteroatoms. The smallest absolute Gasteiger partial charge is 0.119 e. The third kappa shape index (κ3) is 4.45. The standard InChI is InChI=1S/C18H28N2O/c1-2-9-18(10-3-1)21-16-6-11-19-12-14-20(15-13-19)17-7-4-5-8-17/h1-3,9-10,17H,4-8,11-16H2. The second-order valence-electron chi connectivity index (χ2n) is 6.33. The monoisotopic (exact) mass is 288 g/mol. The van der Waals surface area contributed by atoms with Crippen LogP contribution in [0, 0.1) is 0 Å². The van der Waals surface area contributed by atoms with E-state index < -0.39 is 0 Å². The van der Waals surface area contributed by atoms with Crippen LogP contribution in [0.1, 0.15) is 32.1 Å². The number of hydrogen-bond donors (Lipinski definition) is 0. The summed E-state index contributed by atoms with van der Waals surface area (Å²) in [4.78, 5) is 5.32. The number of ether oxygens (including phenoxy) is 1. The first kappa shape index (κ1) is 14.9. The summed E-state index contributed by atoms with van der Waals surface area (Å²) in [5, 5.41) is 0. The minimum atomic E-state index is 0.826. The second kappa shape index (κ2) is 7.81. The van der Waals surface area contributed by atoms with E-state index in [4.69, 9.17) is 4.74 Å². The van der Waals surface area contributed by atoms with Crippen molar-refractivity contribution in [2.45, 2.75) is 38.1 Å². The van der Waals surface area contributed by atoms with Gasteiger partial charge < -0.3 is 9.64 Å². The third-order valence-corrected chi connectivity index (χ3v) is 4.88. The van der Waals surface area contributed by atoms with Gasteiger partial charge in [-0.25, -0.2) is 0 Å². The van der Waals surface area contributed by atoms with Crippen molar-refractivity contribution in [2.75, 3.05) is 39.3 Å². The molecule has 0 spiro atoms. The van der Waals surface area contributed by atoms with Crippen LogP contribution >= 0.6 is 0 Å². The molecule has 0 N–H and O–H groups in total. The van der Waals surface area contributed by atoms with Gasteiger partial charge in [-0.2, -0.15) is 0 Å². The molecule has 2 fully saturated rings. The van der Waals surface area contributed by atoms with Gasteiger partial charge in [-0.3, -0.25) is 4.90 Å². The molecule has 1 aliphatic heterocycles. The molecule has 0 aromatic heterocycles. The molecular formula is C18H28N2O. The molecule has 1 saturated heterocycles. The summed E-state index contributed by atoms with van der Waals surface area (Å²) in [6.45, 7) is 7.01. The van der Waals surface area contributed by atoms with Crippen molar-refractivity contribution < 1.29 is 4.74 Å². The molecule has 1 aromatic carbocycles. The zero-order valence-electron chi connectivity index (χ0n) is 13.0. The lowest BCUT2D eigenvalue weighted by molar-refractivity contribution is 0.0941. The van der Waals surface area contributed by atoms with Crippen LogP contribution < -0.4 is 4.74 Å². The molecule has 1 aliphatic carbocycles. The maximum atomic E-state index is 5.76. The van der Waals surface area contributed by atoms with E-state index in [-0.39, 0.29) is 0 Å². The van der Waals surface area contributed by atoms with Gasteiger partial charge in [0.05, 0.1) is 6.61 Å². The van der Waals surface area contributed by atoms with Crippen molar-refractivity contribution in [1.29, 1.82) is 0 Å². The van der Waals surface area contributed by atoms with Gasteiger partial charge in [-0.1, -0.05) is 31.0 Å². The van der Waals surface area contributed by atoms with E-state index in [9.17, 15) is 0 Å². The lowest BCUT2D eigenvalue weighted by Crippen LogP contribution is -2.49. The second-order valence-corrected chi connectivity index (χ2v) is 6.33. The Bertz CT molecular complexity index is 395. The largest absolute Gasteiger partial charge is 0.494 e. The van der Waals surface area contributed by atoms with Crippen LogP contribution in [0.3, 0.4) is 0 Å². The fourth-order valence-electron chi connectivity index (χ4n) is 3.62.